The fourth-order valence-electron chi connectivity index (χ4n) is 3.69. The second-order valence-electron chi connectivity index (χ2n) is 7.37. The number of nitrogens with two attached hydrogens (primary N) is 1. The largest absolute Gasteiger partial charge is 0.384 e. The second-order valence-corrected chi connectivity index (χ2v) is 7.37. The number of rotatable bonds is 6. The number of benzene rings is 2. The molecule has 0 aliphatic carbocycles. The zero-order chi connectivity index (χ0) is 20.3. The molecular formula is C23H21N7. The fraction of sp³-hybridized carbons (Fsp3) is 0.130. The molecule has 0 aliphatic rings. The summed E-state index contributed by atoms with van der Waals surface area (Å²) in [7, 11) is 0. The first-order valence-corrected chi connectivity index (χ1v) is 9.83. The Morgan fingerprint density at radius 1 is 0.833 bits per heavy atom. The number of hydrogen-bond acceptors (Lipinski definition) is 5. The maximum absolute atomic E-state index is 5.90. The molecule has 0 saturated carbocycles. The van der Waals surface area contributed by atoms with Crippen LogP contribution in [-0.2, 0) is 19.4 Å². The van der Waals surface area contributed by atoms with Crippen molar-refractivity contribution in [3.05, 3.63) is 101 Å². The SMILES string of the molecule is Nc1cc(Cc2ccn(Cc3cccc(Cc4ccccc4)c3)n2)c2n[nH]nc2n1. The first kappa shape index (κ1) is 18.1. The van der Waals surface area contributed by atoms with Gasteiger partial charge in [-0.1, -0.05) is 54.6 Å². The van der Waals surface area contributed by atoms with Crippen LogP contribution in [0.1, 0.15) is 27.9 Å². The number of anilines is 1. The minimum atomic E-state index is 0.432. The number of hydrogen-bond donors (Lipinski definition) is 2. The van der Waals surface area contributed by atoms with Gasteiger partial charge >= 0.3 is 0 Å². The summed E-state index contributed by atoms with van der Waals surface area (Å²) in [5.74, 6) is 0.432. The van der Waals surface area contributed by atoms with E-state index < -0.39 is 0 Å². The van der Waals surface area contributed by atoms with E-state index in [1.165, 1.54) is 16.7 Å². The molecule has 0 atom stereocenters. The van der Waals surface area contributed by atoms with Crippen molar-refractivity contribution in [2.75, 3.05) is 5.73 Å². The predicted octanol–water partition coefficient (Wildman–Crippen LogP) is 3.36. The van der Waals surface area contributed by atoms with Gasteiger partial charge in [-0.05, 0) is 40.8 Å². The highest BCUT2D eigenvalue weighted by Crippen LogP contribution is 2.19. The van der Waals surface area contributed by atoms with E-state index >= 15 is 0 Å². The molecule has 0 aliphatic heterocycles. The second kappa shape index (κ2) is 7.79. The van der Waals surface area contributed by atoms with E-state index in [4.69, 9.17) is 10.8 Å². The summed E-state index contributed by atoms with van der Waals surface area (Å²) in [6, 6.07) is 23.0. The third-order valence-electron chi connectivity index (χ3n) is 5.05. The number of H-pyrrole nitrogens is 1. The van der Waals surface area contributed by atoms with Crippen LogP contribution in [-0.4, -0.2) is 30.2 Å². The Morgan fingerprint density at radius 3 is 2.57 bits per heavy atom. The molecule has 7 nitrogen and oxygen atoms in total. The number of aromatic nitrogens is 6. The molecule has 5 aromatic rings. The molecule has 5 rings (SSSR count). The Labute approximate surface area is 173 Å². The number of nitrogens with zero attached hydrogens (tertiary/aromatic N) is 5. The van der Waals surface area contributed by atoms with Crippen LogP contribution in [0.4, 0.5) is 5.82 Å². The van der Waals surface area contributed by atoms with Gasteiger partial charge < -0.3 is 5.73 Å². The highest BCUT2D eigenvalue weighted by Gasteiger charge is 2.11. The molecule has 0 saturated heterocycles. The standard InChI is InChI=1S/C23H21N7/c24-21-14-19(22-23(25-21)27-29-26-22)13-20-9-10-30(28-20)15-18-8-4-7-17(12-18)11-16-5-2-1-3-6-16/h1-10,12,14H,11,13,15H2,(H3,24,25,26,27,29). The van der Waals surface area contributed by atoms with Crippen molar-refractivity contribution in [1.29, 1.82) is 0 Å². The van der Waals surface area contributed by atoms with Crippen LogP contribution >= 0.6 is 0 Å². The summed E-state index contributed by atoms with van der Waals surface area (Å²) in [4.78, 5) is 4.18. The lowest BCUT2D eigenvalue weighted by Gasteiger charge is -2.06. The first-order chi connectivity index (χ1) is 14.7. The molecule has 0 amide bonds. The van der Waals surface area contributed by atoms with Gasteiger partial charge in [0.1, 0.15) is 11.3 Å². The van der Waals surface area contributed by atoms with Gasteiger partial charge in [-0.15, -0.1) is 5.10 Å². The number of nitrogen functional groups attached to an aromatic ring is 1. The molecule has 0 unspecified atom stereocenters. The van der Waals surface area contributed by atoms with E-state index in [0.717, 1.165) is 29.7 Å². The third-order valence-corrected chi connectivity index (χ3v) is 5.05. The van der Waals surface area contributed by atoms with Gasteiger partial charge in [-0.2, -0.15) is 15.4 Å². The van der Waals surface area contributed by atoms with Crippen LogP contribution in [0, 0.1) is 0 Å². The molecule has 0 bridgehead atoms. The summed E-state index contributed by atoms with van der Waals surface area (Å²) >= 11 is 0. The first-order valence-electron chi connectivity index (χ1n) is 9.83. The van der Waals surface area contributed by atoms with Gasteiger partial charge in [-0.3, -0.25) is 4.68 Å². The Balaban J connectivity index is 1.31. The molecule has 0 radical (unpaired) electrons. The Morgan fingerprint density at radius 2 is 1.67 bits per heavy atom. The summed E-state index contributed by atoms with van der Waals surface area (Å²) in [6.07, 6.45) is 3.55. The number of pyridine rings is 1. The van der Waals surface area contributed by atoms with Crippen molar-refractivity contribution in [1.82, 2.24) is 30.2 Å². The van der Waals surface area contributed by atoms with Gasteiger partial charge in [-0.25, -0.2) is 4.98 Å². The van der Waals surface area contributed by atoms with Gasteiger partial charge in [0.2, 0.25) is 5.65 Å². The molecule has 2 aromatic carbocycles. The summed E-state index contributed by atoms with van der Waals surface area (Å²) < 4.78 is 1.96. The minimum Gasteiger partial charge on any atom is -0.384 e. The molecule has 30 heavy (non-hydrogen) atoms. The number of nitrogens with one attached hydrogen (secondary N) is 1. The van der Waals surface area contributed by atoms with Crippen LogP contribution in [0.2, 0.25) is 0 Å². The predicted molar refractivity (Wildman–Crippen MR) is 116 cm³/mol. The maximum atomic E-state index is 5.90. The van der Waals surface area contributed by atoms with E-state index in [1.807, 2.05) is 29.1 Å². The Kier molecular flexibility index (Phi) is 4.69. The Bertz CT molecular complexity index is 1290. The van der Waals surface area contributed by atoms with Crippen molar-refractivity contribution in [3.8, 4) is 0 Å². The van der Waals surface area contributed by atoms with E-state index in [9.17, 15) is 0 Å². The molecule has 3 heterocycles. The summed E-state index contributed by atoms with van der Waals surface area (Å²) in [6.45, 7) is 0.723. The van der Waals surface area contributed by atoms with Crippen molar-refractivity contribution < 1.29 is 0 Å². The average molecular weight is 395 g/mol. The average Bonchev–Trinajstić information content (AvgIpc) is 3.38. The highest BCUT2D eigenvalue weighted by atomic mass is 15.3. The molecule has 148 valence electrons. The van der Waals surface area contributed by atoms with Crippen molar-refractivity contribution >= 4 is 17.0 Å². The highest BCUT2D eigenvalue weighted by molar-refractivity contribution is 5.75. The monoisotopic (exact) mass is 395 g/mol. The lowest BCUT2D eigenvalue weighted by molar-refractivity contribution is 0.675. The van der Waals surface area contributed by atoms with Gasteiger partial charge in [0.05, 0.1) is 12.2 Å². The minimum absolute atomic E-state index is 0.432. The Hall–Kier alpha value is -4.00. The molecule has 3 aromatic heterocycles. The quantitative estimate of drug-likeness (QED) is 0.459. The fourth-order valence-corrected chi connectivity index (χ4v) is 3.69. The zero-order valence-corrected chi connectivity index (χ0v) is 16.4. The van der Waals surface area contributed by atoms with Crippen LogP contribution in [0.15, 0.2) is 72.9 Å². The lowest BCUT2D eigenvalue weighted by Crippen LogP contribution is -2.03. The van der Waals surface area contributed by atoms with E-state index in [-0.39, 0.29) is 0 Å². The van der Waals surface area contributed by atoms with Crippen LogP contribution in [0.3, 0.4) is 0 Å². The molecule has 0 fully saturated rings. The molecule has 3 N–H and O–H groups in total. The molecule has 0 spiro atoms. The van der Waals surface area contributed by atoms with Gasteiger partial charge in [0.25, 0.3) is 0 Å². The van der Waals surface area contributed by atoms with Gasteiger partial charge in [0.15, 0.2) is 0 Å². The molecule has 7 heteroatoms. The van der Waals surface area contributed by atoms with Crippen molar-refractivity contribution in [3.63, 3.8) is 0 Å². The van der Waals surface area contributed by atoms with E-state index in [2.05, 4.69) is 68.9 Å². The van der Waals surface area contributed by atoms with E-state index in [1.54, 1.807) is 0 Å². The molecular weight excluding hydrogens is 374 g/mol. The zero-order valence-electron chi connectivity index (χ0n) is 16.4. The van der Waals surface area contributed by atoms with Crippen molar-refractivity contribution in [2.24, 2.45) is 0 Å². The smallest absolute Gasteiger partial charge is 0.203 e. The number of aromatic amines is 1. The van der Waals surface area contributed by atoms with Crippen molar-refractivity contribution in [2.45, 2.75) is 19.4 Å². The topological polar surface area (TPSA) is 98.3 Å². The third kappa shape index (κ3) is 3.91. The van der Waals surface area contributed by atoms with Crippen LogP contribution < -0.4 is 5.73 Å². The lowest BCUT2D eigenvalue weighted by atomic mass is 10.0. The normalized spacial score (nSPS) is 11.2. The summed E-state index contributed by atoms with van der Waals surface area (Å²) in [5, 5.41) is 15.6. The van der Waals surface area contributed by atoms with E-state index in [0.29, 0.717) is 17.9 Å². The van der Waals surface area contributed by atoms with Crippen LogP contribution in [0.25, 0.3) is 11.2 Å². The van der Waals surface area contributed by atoms with Gasteiger partial charge in [0, 0.05) is 12.6 Å². The maximum Gasteiger partial charge on any atom is 0.203 e. The number of fused-ring (bicyclic) bond motifs is 1. The van der Waals surface area contributed by atoms with Crippen LogP contribution in [0.5, 0.6) is 0 Å². The summed E-state index contributed by atoms with van der Waals surface area (Å²) in [5.41, 5.74) is 12.9.